The number of nitro groups is 1. The molecule has 0 unspecified atom stereocenters. The Labute approximate surface area is 99.1 Å². The van der Waals surface area contributed by atoms with Crippen molar-refractivity contribution >= 4 is 0 Å². The highest BCUT2D eigenvalue weighted by molar-refractivity contribution is 5.28. The molecule has 0 spiro atoms. The largest absolute Gasteiger partial charge is 0.265 e. The van der Waals surface area contributed by atoms with E-state index in [1.165, 1.54) is 0 Å². The predicted octanol–water partition coefficient (Wildman–Crippen LogP) is 2.02. The summed E-state index contributed by atoms with van der Waals surface area (Å²) in [7, 11) is 0. The van der Waals surface area contributed by atoms with Gasteiger partial charge in [0.2, 0.25) is 6.54 Å². The Morgan fingerprint density at radius 1 is 1.29 bits per heavy atom. The molecule has 0 aromatic heterocycles. The first-order valence-corrected chi connectivity index (χ1v) is 5.06. The number of nitriles is 2. The Hall–Kier alpha value is -2.40. The summed E-state index contributed by atoms with van der Waals surface area (Å²) < 4.78 is 0. The third-order valence-electron chi connectivity index (χ3n) is 2.53. The van der Waals surface area contributed by atoms with Crippen LogP contribution in [0, 0.1) is 45.6 Å². The Bertz CT molecular complexity index is 468. The van der Waals surface area contributed by atoms with E-state index in [1.54, 1.807) is 24.3 Å². The number of benzene rings is 1. The van der Waals surface area contributed by atoms with Crippen LogP contribution in [-0.4, -0.2) is 11.5 Å². The smallest absolute Gasteiger partial charge is 0.212 e. The van der Waals surface area contributed by atoms with Crippen LogP contribution in [0.1, 0.15) is 17.0 Å². The predicted molar refractivity (Wildman–Crippen MR) is 60.5 cm³/mol. The molecule has 0 saturated carbocycles. The summed E-state index contributed by atoms with van der Waals surface area (Å²) >= 11 is 0. The lowest BCUT2D eigenvalue weighted by Crippen LogP contribution is -2.19. The molecular formula is C12H11N3O2. The quantitative estimate of drug-likeness (QED) is 0.583. The van der Waals surface area contributed by atoms with Crippen LogP contribution >= 0.6 is 0 Å². The molecule has 0 aliphatic carbocycles. The van der Waals surface area contributed by atoms with Crippen molar-refractivity contribution in [1.82, 2.24) is 0 Å². The van der Waals surface area contributed by atoms with Gasteiger partial charge in [0.15, 0.2) is 0 Å². The third kappa shape index (κ3) is 3.29. The second-order valence-corrected chi connectivity index (χ2v) is 3.77. The van der Waals surface area contributed by atoms with Gasteiger partial charge in [-0.1, -0.05) is 29.8 Å². The van der Waals surface area contributed by atoms with Crippen LogP contribution in [0.2, 0.25) is 0 Å². The van der Waals surface area contributed by atoms with Crippen molar-refractivity contribution in [2.75, 3.05) is 6.54 Å². The van der Waals surface area contributed by atoms with Gasteiger partial charge in [0.1, 0.15) is 5.92 Å². The molecule has 0 heterocycles. The van der Waals surface area contributed by atoms with Gasteiger partial charge in [-0.25, -0.2) is 0 Å². The van der Waals surface area contributed by atoms with Gasteiger partial charge in [0.05, 0.1) is 18.1 Å². The summed E-state index contributed by atoms with van der Waals surface area (Å²) in [5.41, 5.74) is 1.68. The van der Waals surface area contributed by atoms with Gasteiger partial charge < -0.3 is 0 Å². The molecule has 86 valence electrons. The zero-order chi connectivity index (χ0) is 12.8. The topological polar surface area (TPSA) is 90.7 Å². The first kappa shape index (κ1) is 12.7. The normalized spacial score (nSPS) is 11.5. The minimum absolute atomic E-state index is 0.408. The van der Waals surface area contributed by atoms with Crippen molar-refractivity contribution in [3.8, 4) is 12.1 Å². The number of hydrogen-bond acceptors (Lipinski definition) is 4. The molecule has 5 nitrogen and oxygen atoms in total. The first-order chi connectivity index (χ1) is 8.08. The molecule has 0 fully saturated rings. The molecule has 1 aromatic rings. The van der Waals surface area contributed by atoms with E-state index in [0.717, 1.165) is 5.56 Å². The fraction of sp³-hybridized carbons (Fsp3) is 0.333. The summed E-state index contributed by atoms with van der Waals surface area (Å²) in [4.78, 5) is 10.1. The maximum Gasteiger partial charge on any atom is 0.212 e. The van der Waals surface area contributed by atoms with E-state index in [2.05, 4.69) is 0 Å². The summed E-state index contributed by atoms with van der Waals surface area (Å²) in [6.07, 6.45) is 0. The lowest BCUT2D eigenvalue weighted by Gasteiger charge is -2.13. The van der Waals surface area contributed by atoms with E-state index in [0.29, 0.717) is 5.56 Å². The molecule has 0 aliphatic rings. The highest BCUT2D eigenvalue weighted by Crippen LogP contribution is 2.24. The van der Waals surface area contributed by atoms with E-state index in [4.69, 9.17) is 10.5 Å². The van der Waals surface area contributed by atoms with Crippen LogP contribution in [0.3, 0.4) is 0 Å². The first-order valence-electron chi connectivity index (χ1n) is 5.06. The van der Waals surface area contributed by atoms with Gasteiger partial charge in [-0.3, -0.25) is 10.1 Å². The second-order valence-electron chi connectivity index (χ2n) is 3.77. The Morgan fingerprint density at radius 2 is 1.82 bits per heavy atom. The number of rotatable bonds is 4. The Kier molecular flexibility index (Phi) is 4.19. The SMILES string of the molecule is Cc1ccc([C@H](C[N+](=O)[O-])C(C#N)C#N)cc1. The van der Waals surface area contributed by atoms with Gasteiger partial charge in [-0.2, -0.15) is 10.5 Å². The van der Waals surface area contributed by atoms with E-state index in [-0.39, 0.29) is 0 Å². The Morgan fingerprint density at radius 3 is 2.24 bits per heavy atom. The molecule has 1 atom stereocenters. The van der Waals surface area contributed by atoms with Crippen LogP contribution in [0.4, 0.5) is 0 Å². The van der Waals surface area contributed by atoms with Crippen LogP contribution in [0.5, 0.6) is 0 Å². The fourth-order valence-electron chi connectivity index (χ4n) is 1.59. The van der Waals surface area contributed by atoms with E-state index in [1.807, 2.05) is 19.1 Å². The van der Waals surface area contributed by atoms with Crippen molar-refractivity contribution in [3.05, 3.63) is 45.5 Å². The van der Waals surface area contributed by atoms with Crippen molar-refractivity contribution < 1.29 is 4.92 Å². The van der Waals surface area contributed by atoms with Gasteiger partial charge in [0, 0.05) is 4.92 Å². The van der Waals surface area contributed by atoms with Gasteiger partial charge >= 0.3 is 0 Å². The molecule has 0 saturated heterocycles. The summed E-state index contributed by atoms with van der Waals surface area (Å²) in [5, 5.41) is 28.2. The summed E-state index contributed by atoms with van der Waals surface area (Å²) in [6.45, 7) is 1.49. The molecule has 0 radical (unpaired) electrons. The number of nitrogens with zero attached hydrogens (tertiary/aromatic N) is 3. The van der Waals surface area contributed by atoms with Crippen molar-refractivity contribution in [2.45, 2.75) is 12.8 Å². The average Bonchev–Trinajstić information content (AvgIpc) is 2.30. The van der Waals surface area contributed by atoms with Gasteiger partial charge in [0.25, 0.3) is 0 Å². The average molecular weight is 229 g/mol. The summed E-state index contributed by atoms with van der Waals surface area (Å²) in [5.74, 6) is -1.68. The van der Waals surface area contributed by atoms with Crippen LogP contribution < -0.4 is 0 Å². The molecule has 0 N–H and O–H groups in total. The lowest BCUT2D eigenvalue weighted by molar-refractivity contribution is -0.484. The molecule has 1 rings (SSSR count). The maximum absolute atomic E-state index is 10.6. The van der Waals surface area contributed by atoms with Crippen molar-refractivity contribution in [2.24, 2.45) is 5.92 Å². The molecule has 17 heavy (non-hydrogen) atoms. The monoisotopic (exact) mass is 229 g/mol. The van der Waals surface area contributed by atoms with Crippen LogP contribution in [0.25, 0.3) is 0 Å². The Balaban J connectivity index is 3.06. The van der Waals surface area contributed by atoms with Gasteiger partial charge in [-0.15, -0.1) is 0 Å². The van der Waals surface area contributed by atoms with Gasteiger partial charge in [-0.05, 0) is 12.5 Å². The highest BCUT2D eigenvalue weighted by Gasteiger charge is 2.27. The fourth-order valence-corrected chi connectivity index (χ4v) is 1.59. The van der Waals surface area contributed by atoms with E-state index in [9.17, 15) is 10.1 Å². The molecular weight excluding hydrogens is 218 g/mol. The molecule has 0 amide bonds. The third-order valence-corrected chi connectivity index (χ3v) is 2.53. The van der Waals surface area contributed by atoms with Crippen LogP contribution in [-0.2, 0) is 0 Å². The van der Waals surface area contributed by atoms with Crippen molar-refractivity contribution in [3.63, 3.8) is 0 Å². The highest BCUT2D eigenvalue weighted by atomic mass is 16.6. The van der Waals surface area contributed by atoms with Crippen LogP contribution in [0.15, 0.2) is 24.3 Å². The summed E-state index contributed by atoms with van der Waals surface area (Å²) in [6, 6.07) is 10.7. The molecule has 5 heteroatoms. The minimum Gasteiger partial charge on any atom is -0.265 e. The zero-order valence-electron chi connectivity index (χ0n) is 9.33. The number of hydrogen-bond donors (Lipinski definition) is 0. The van der Waals surface area contributed by atoms with E-state index >= 15 is 0 Å². The zero-order valence-corrected chi connectivity index (χ0v) is 9.33. The van der Waals surface area contributed by atoms with Crippen molar-refractivity contribution in [1.29, 1.82) is 10.5 Å². The molecule has 1 aromatic carbocycles. The molecule has 0 aliphatic heterocycles. The van der Waals surface area contributed by atoms with E-state index < -0.39 is 23.3 Å². The minimum atomic E-state index is -0.997. The number of aryl methyl sites for hydroxylation is 1. The second kappa shape index (κ2) is 5.62. The maximum atomic E-state index is 10.6. The lowest BCUT2D eigenvalue weighted by atomic mass is 9.87. The standard InChI is InChI=1S/C12H11N3O2/c1-9-2-4-10(5-3-9)12(8-15(16)17)11(6-13)7-14/h2-5,11-12H,8H2,1H3/t12-/m0/s1. The molecule has 0 bridgehead atoms.